The minimum atomic E-state index is -4.04. The summed E-state index contributed by atoms with van der Waals surface area (Å²) in [6.07, 6.45) is 0.0669. The first-order valence-electron chi connectivity index (χ1n) is 9.07. The monoisotopic (exact) mass is 425 g/mol. The van der Waals surface area contributed by atoms with Crippen molar-refractivity contribution in [3.63, 3.8) is 0 Å². The van der Waals surface area contributed by atoms with E-state index in [1.165, 1.54) is 24.3 Å². The molecule has 1 atom stereocenters. The van der Waals surface area contributed by atoms with Crippen molar-refractivity contribution in [3.05, 3.63) is 59.7 Å². The van der Waals surface area contributed by atoms with Gasteiger partial charge in [0, 0.05) is 0 Å². The van der Waals surface area contributed by atoms with Gasteiger partial charge in [-0.1, -0.05) is 38.5 Å². The van der Waals surface area contributed by atoms with Crippen molar-refractivity contribution in [2.75, 3.05) is 6.61 Å². The van der Waals surface area contributed by atoms with E-state index >= 15 is 0 Å². The van der Waals surface area contributed by atoms with Crippen molar-refractivity contribution in [3.8, 4) is 0 Å². The van der Waals surface area contributed by atoms with Crippen molar-refractivity contribution in [1.29, 1.82) is 0 Å². The highest BCUT2D eigenvalue weighted by atomic mass is 32.2. The van der Waals surface area contributed by atoms with Gasteiger partial charge in [-0.15, -0.1) is 0 Å². The molecule has 0 saturated carbocycles. The van der Waals surface area contributed by atoms with Crippen LogP contribution < -0.4 is 0 Å². The predicted molar refractivity (Wildman–Crippen MR) is 110 cm³/mol. The third kappa shape index (κ3) is 5.70. The lowest BCUT2D eigenvalue weighted by Crippen LogP contribution is -2.42. The van der Waals surface area contributed by atoms with Crippen LogP contribution in [0.1, 0.15) is 38.1 Å². The molecular formula is C20H28FNO4SSi. The third-order valence-electron chi connectivity index (χ3n) is 5.03. The number of hydrogen-bond acceptors (Lipinski definition) is 5. The second-order valence-corrected chi connectivity index (χ2v) is 14.7. The van der Waals surface area contributed by atoms with Crippen LogP contribution >= 0.6 is 0 Å². The fourth-order valence-electron chi connectivity index (χ4n) is 2.15. The molecule has 1 aromatic heterocycles. The number of benzene rings is 1. The number of pyridine rings is 1. The Kier molecular flexibility index (Phi) is 6.80. The van der Waals surface area contributed by atoms with E-state index in [0.29, 0.717) is 5.69 Å². The Bertz CT molecular complexity index is 891. The number of aromatic nitrogens is 1. The molecule has 0 N–H and O–H groups in total. The molecule has 154 valence electrons. The van der Waals surface area contributed by atoms with Crippen molar-refractivity contribution in [1.82, 2.24) is 4.98 Å². The molecule has 0 saturated heterocycles. The number of rotatable bonds is 7. The van der Waals surface area contributed by atoms with E-state index < -0.39 is 30.4 Å². The van der Waals surface area contributed by atoms with Gasteiger partial charge in [0.1, 0.15) is 11.9 Å². The van der Waals surface area contributed by atoms with E-state index in [1.54, 1.807) is 12.1 Å². The second-order valence-electron chi connectivity index (χ2n) is 8.32. The molecule has 0 fully saturated rings. The number of aryl methyl sites for hydroxylation is 1. The zero-order valence-corrected chi connectivity index (χ0v) is 19.0. The van der Waals surface area contributed by atoms with Crippen molar-refractivity contribution < 1.29 is 21.4 Å². The van der Waals surface area contributed by atoms with E-state index in [4.69, 9.17) is 8.61 Å². The summed E-state index contributed by atoms with van der Waals surface area (Å²) < 4.78 is 50.4. The van der Waals surface area contributed by atoms with Crippen molar-refractivity contribution in [2.45, 2.75) is 56.8 Å². The normalized spacial score (nSPS) is 14.1. The first-order valence-corrected chi connectivity index (χ1v) is 13.4. The van der Waals surface area contributed by atoms with Gasteiger partial charge in [-0.05, 0) is 49.3 Å². The number of halogens is 1. The predicted octanol–water partition coefficient (Wildman–Crippen LogP) is 5.00. The zero-order valence-electron chi connectivity index (χ0n) is 17.2. The Morgan fingerprint density at radius 3 is 2.21 bits per heavy atom. The summed E-state index contributed by atoms with van der Waals surface area (Å²) in [5.74, 6) is -0.505. The van der Waals surface area contributed by atoms with Crippen LogP contribution in [0.15, 0.2) is 47.5 Å². The summed E-state index contributed by atoms with van der Waals surface area (Å²) in [4.78, 5) is 4.06. The van der Waals surface area contributed by atoms with E-state index in [9.17, 15) is 12.8 Å². The van der Waals surface area contributed by atoms with Crippen LogP contribution in [0.2, 0.25) is 18.1 Å². The molecule has 5 nitrogen and oxygen atoms in total. The van der Waals surface area contributed by atoms with Crippen LogP contribution in [0.5, 0.6) is 0 Å². The van der Waals surface area contributed by atoms with E-state index in [2.05, 4.69) is 38.8 Å². The molecule has 1 aromatic carbocycles. The third-order valence-corrected chi connectivity index (χ3v) is 10.9. The summed E-state index contributed by atoms with van der Waals surface area (Å²) >= 11 is 0. The Labute approximate surface area is 168 Å². The summed E-state index contributed by atoms with van der Waals surface area (Å²) in [7, 11) is -6.19. The van der Waals surface area contributed by atoms with E-state index in [1.807, 2.05) is 6.92 Å². The van der Waals surface area contributed by atoms with Crippen LogP contribution in [0.4, 0.5) is 4.39 Å². The fourth-order valence-corrected chi connectivity index (χ4v) is 4.20. The van der Waals surface area contributed by atoms with E-state index in [0.717, 1.165) is 11.8 Å². The van der Waals surface area contributed by atoms with Gasteiger partial charge in [-0.25, -0.2) is 4.39 Å². The van der Waals surface area contributed by atoms with Gasteiger partial charge in [0.15, 0.2) is 8.32 Å². The molecule has 2 rings (SSSR count). The maximum atomic E-state index is 13.3. The maximum Gasteiger partial charge on any atom is 0.297 e. The molecular weight excluding hydrogens is 397 g/mol. The quantitative estimate of drug-likeness (QED) is 0.461. The highest BCUT2D eigenvalue weighted by molar-refractivity contribution is 7.86. The molecule has 2 aromatic rings. The maximum absolute atomic E-state index is 13.3. The SMILES string of the molecule is Cc1ccc(S(=O)(=O)OC(CO[Si](C)(C)C(C)(C)C)c2ccc(F)cn2)cc1. The molecule has 0 aliphatic carbocycles. The minimum absolute atomic E-state index is 0.0141. The Balaban J connectivity index is 2.30. The minimum Gasteiger partial charge on any atom is -0.414 e. The first-order chi connectivity index (χ1) is 12.8. The molecule has 8 heteroatoms. The Hall–Kier alpha value is -1.61. The van der Waals surface area contributed by atoms with Crippen molar-refractivity contribution in [2.24, 2.45) is 0 Å². The van der Waals surface area contributed by atoms with Crippen LogP contribution in [-0.2, 0) is 18.7 Å². The molecule has 0 spiro atoms. The second kappa shape index (κ2) is 8.40. The van der Waals surface area contributed by atoms with Gasteiger partial charge in [0.25, 0.3) is 10.1 Å². The molecule has 0 aliphatic rings. The lowest BCUT2D eigenvalue weighted by Gasteiger charge is -2.37. The molecule has 0 bridgehead atoms. The van der Waals surface area contributed by atoms with Crippen LogP contribution in [0.3, 0.4) is 0 Å². The van der Waals surface area contributed by atoms with Crippen molar-refractivity contribution >= 4 is 18.4 Å². The smallest absolute Gasteiger partial charge is 0.297 e. The zero-order chi connectivity index (χ0) is 21.2. The highest BCUT2D eigenvalue weighted by Gasteiger charge is 2.38. The average molecular weight is 426 g/mol. The Morgan fingerprint density at radius 1 is 1.11 bits per heavy atom. The number of nitrogens with zero attached hydrogens (tertiary/aromatic N) is 1. The fraction of sp³-hybridized carbons (Fsp3) is 0.450. The topological polar surface area (TPSA) is 65.5 Å². The summed E-state index contributed by atoms with van der Waals surface area (Å²) in [6.45, 7) is 12.3. The largest absolute Gasteiger partial charge is 0.414 e. The molecule has 0 radical (unpaired) electrons. The average Bonchev–Trinajstić information content (AvgIpc) is 2.59. The number of hydrogen-bond donors (Lipinski definition) is 0. The summed E-state index contributed by atoms with van der Waals surface area (Å²) in [5.41, 5.74) is 1.24. The molecule has 1 unspecified atom stereocenters. The lowest BCUT2D eigenvalue weighted by molar-refractivity contribution is 0.123. The van der Waals surface area contributed by atoms with Gasteiger partial charge in [-0.2, -0.15) is 8.42 Å². The summed E-state index contributed by atoms with van der Waals surface area (Å²) in [6, 6.07) is 9.03. The van der Waals surface area contributed by atoms with Crippen LogP contribution in [0, 0.1) is 12.7 Å². The Morgan fingerprint density at radius 2 is 1.71 bits per heavy atom. The summed E-state index contributed by atoms with van der Waals surface area (Å²) in [5, 5.41) is -0.0520. The molecule has 1 heterocycles. The van der Waals surface area contributed by atoms with Gasteiger partial charge in [0.2, 0.25) is 0 Å². The van der Waals surface area contributed by atoms with Gasteiger partial charge < -0.3 is 4.43 Å². The lowest BCUT2D eigenvalue weighted by atomic mass is 10.2. The molecule has 0 aliphatic heterocycles. The molecule has 28 heavy (non-hydrogen) atoms. The standard InChI is InChI=1S/C20H28FNO4SSi/c1-15-7-10-17(11-8-15)27(23,24)26-19(18-12-9-16(21)13-22-18)14-25-28(5,6)20(2,3)4/h7-13,19H,14H2,1-6H3. The molecule has 0 amide bonds. The highest BCUT2D eigenvalue weighted by Crippen LogP contribution is 2.37. The van der Waals surface area contributed by atoms with Crippen LogP contribution in [-0.4, -0.2) is 28.3 Å². The van der Waals surface area contributed by atoms with E-state index in [-0.39, 0.29) is 16.5 Å². The first kappa shape index (κ1) is 22.7. The van der Waals surface area contributed by atoms with Gasteiger partial charge in [0.05, 0.1) is 23.4 Å². The van der Waals surface area contributed by atoms with Gasteiger partial charge in [-0.3, -0.25) is 9.17 Å². The van der Waals surface area contributed by atoms with Gasteiger partial charge >= 0.3 is 0 Å². The van der Waals surface area contributed by atoms with Crippen LogP contribution in [0.25, 0.3) is 0 Å².